The molecule has 0 bridgehead atoms. The van der Waals surface area contributed by atoms with Gasteiger partial charge in [0.05, 0.1) is 14.2 Å². The summed E-state index contributed by atoms with van der Waals surface area (Å²) < 4.78 is 13.6. The molecule has 4 N–H and O–H groups in total. The fourth-order valence-corrected chi connectivity index (χ4v) is 7.88. The Morgan fingerprint density at radius 1 is 0.646 bits per heavy atom. The van der Waals surface area contributed by atoms with Gasteiger partial charge >= 0.3 is 0 Å². The molecule has 2 aliphatic heterocycles. The summed E-state index contributed by atoms with van der Waals surface area (Å²) in [5, 5.41) is 12.9. The molecular formula is C38H40Br2N4O4. The van der Waals surface area contributed by atoms with E-state index in [1.165, 1.54) is 0 Å². The summed E-state index contributed by atoms with van der Waals surface area (Å²) in [7, 11) is 3.40. The van der Waals surface area contributed by atoms with Gasteiger partial charge in [-0.2, -0.15) is 0 Å². The fraction of sp³-hybridized carbons (Fsp3) is 0.316. The van der Waals surface area contributed by atoms with Crippen molar-refractivity contribution in [3.8, 4) is 44.9 Å². The van der Waals surface area contributed by atoms with Gasteiger partial charge in [-0.15, -0.1) is 0 Å². The van der Waals surface area contributed by atoms with Crippen molar-refractivity contribution in [2.45, 2.75) is 50.9 Å². The van der Waals surface area contributed by atoms with E-state index in [1.54, 1.807) is 14.2 Å². The lowest BCUT2D eigenvalue weighted by Crippen LogP contribution is -2.35. The van der Waals surface area contributed by atoms with Crippen LogP contribution in [0.5, 0.6) is 11.5 Å². The summed E-state index contributed by atoms with van der Waals surface area (Å²) in [5.74, 6) is 1.88. The molecule has 4 aromatic carbocycles. The standard InChI is InChI=1S/C38H40Br2N4O4/c1-47-33-17-23(9-11-25(33)19-41-21-27-13-15-35(45)43-27)29-5-3-7-31(37(29)39)32-8-4-6-30(38(32)40)24-10-12-26(34(18-24)48-2)20-42-22-28-14-16-36(46)44-28/h3-12,17-18,27-28,41-42H,13-16,19-22H2,1-2H3,(H,43,45)(H,44,46). The van der Waals surface area contributed by atoms with Crippen LogP contribution < -0.4 is 30.7 Å². The third kappa shape index (κ3) is 7.78. The highest BCUT2D eigenvalue weighted by Gasteiger charge is 2.22. The highest BCUT2D eigenvalue weighted by Crippen LogP contribution is 2.43. The minimum Gasteiger partial charge on any atom is -0.496 e. The predicted octanol–water partition coefficient (Wildman–Crippen LogP) is 6.97. The molecule has 4 aromatic rings. The van der Waals surface area contributed by atoms with Crippen molar-refractivity contribution in [2.24, 2.45) is 0 Å². The van der Waals surface area contributed by atoms with Crippen LogP contribution in [0.3, 0.4) is 0 Å². The van der Waals surface area contributed by atoms with E-state index < -0.39 is 0 Å². The van der Waals surface area contributed by atoms with Crippen LogP contribution in [0.4, 0.5) is 0 Å². The molecular weight excluding hydrogens is 736 g/mol. The van der Waals surface area contributed by atoms with Crippen molar-refractivity contribution in [1.82, 2.24) is 21.3 Å². The van der Waals surface area contributed by atoms with Gasteiger partial charge in [0, 0.05) is 71.2 Å². The Kier molecular flexibility index (Phi) is 11.2. The van der Waals surface area contributed by atoms with Crippen LogP contribution in [0.15, 0.2) is 81.7 Å². The number of carbonyl (C=O) groups is 2. The third-order valence-corrected chi connectivity index (χ3v) is 10.8. The summed E-state index contributed by atoms with van der Waals surface area (Å²) in [6.07, 6.45) is 2.94. The smallest absolute Gasteiger partial charge is 0.220 e. The van der Waals surface area contributed by atoms with Crippen LogP contribution in [0.1, 0.15) is 36.8 Å². The number of hydrogen-bond donors (Lipinski definition) is 4. The Hall–Kier alpha value is -3.70. The minimum atomic E-state index is 0.127. The van der Waals surface area contributed by atoms with E-state index in [2.05, 4.69) is 126 Å². The number of rotatable bonds is 13. The third-order valence-electron chi connectivity index (χ3n) is 9.07. The zero-order valence-electron chi connectivity index (χ0n) is 27.1. The molecule has 0 radical (unpaired) electrons. The highest BCUT2D eigenvalue weighted by atomic mass is 79.9. The number of amides is 2. The molecule has 48 heavy (non-hydrogen) atoms. The van der Waals surface area contributed by atoms with Crippen LogP contribution in [0.2, 0.25) is 0 Å². The Morgan fingerprint density at radius 3 is 1.44 bits per heavy atom. The second kappa shape index (κ2) is 15.7. The number of nitrogens with one attached hydrogen (secondary N) is 4. The van der Waals surface area contributed by atoms with Crippen molar-refractivity contribution >= 4 is 43.7 Å². The number of halogens is 2. The molecule has 0 aliphatic carbocycles. The summed E-state index contributed by atoms with van der Waals surface area (Å²) in [6, 6.07) is 25.6. The molecule has 2 atom stereocenters. The van der Waals surface area contributed by atoms with Crippen molar-refractivity contribution in [1.29, 1.82) is 0 Å². The first-order valence-electron chi connectivity index (χ1n) is 16.3. The largest absolute Gasteiger partial charge is 0.496 e. The van der Waals surface area contributed by atoms with Crippen LogP contribution in [-0.4, -0.2) is 51.2 Å². The maximum absolute atomic E-state index is 11.5. The van der Waals surface area contributed by atoms with Gasteiger partial charge in [0.15, 0.2) is 0 Å². The van der Waals surface area contributed by atoms with Crippen LogP contribution in [0, 0.1) is 0 Å². The van der Waals surface area contributed by atoms with Gasteiger partial charge < -0.3 is 30.7 Å². The molecule has 10 heteroatoms. The molecule has 2 saturated heterocycles. The molecule has 0 aromatic heterocycles. The predicted molar refractivity (Wildman–Crippen MR) is 197 cm³/mol. The van der Waals surface area contributed by atoms with Crippen LogP contribution in [-0.2, 0) is 22.7 Å². The second-order valence-corrected chi connectivity index (χ2v) is 13.8. The Bertz CT molecular complexity index is 1680. The number of methoxy groups -OCH3 is 2. The summed E-state index contributed by atoms with van der Waals surface area (Å²) in [4.78, 5) is 23.0. The molecule has 2 amide bonds. The normalized spacial score (nSPS) is 17.3. The van der Waals surface area contributed by atoms with E-state index in [4.69, 9.17) is 9.47 Å². The number of benzene rings is 4. The molecule has 8 nitrogen and oxygen atoms in total. The van der Waals surface area contributed by atoms with Crippen LogP contribution >= 0.6 is 31.9 Å². The summed E-state index contributed by atoms with van der Waals surface area (Å²) in [5.41, 5.74) is 8.47. The van der Waals surface area contributed by atoms with E-state index in [1.807, 2.05) is 0 Å². The number of ether oxygens (including phenoxy) is 2. The monoisotopic (exact) mass is 774 g/mol. The van der Waals surface area contributed by atoms with Crippen molar-refractivity contribution in [3.63, 3.8) is 0 Å². The SMILES string of the molecule is COc1cc(-c2cccc(-c3cccc(-c4ccc(CNCC5CCC(=O)N5)c(OC)c4)c3Br)c2Br)ccc1CNCC1CCC(=O)N1. The maximum atomic E-state index is 11.5. The first-order valence-corrected chi connectivity index (χ1v) is 17.8. The van der Waals surface area contributed by atoms with Gasteiger partial charge in [-0.1, -0.05) is 60.7 Å². The zero-order valence-corrected chi connectivity index (χ0v) is 30.3. The van der Waals surface area contributed by atoms with Crippen LogP contribution in [0.25, 0.3) is 33.4 Å². The Morgan fingerprint density at radius 2 is 1.06 bits per heavy atom. The molecule has 0 saturated carbocycles. The molecule has 2 unspecified atom stereocenters. The average molecular weight is 777 g/mol. The number of hydrogen-bond acceptors (Lipinski definition) is 6. The van der Waals surface area contributed by atoms with Gasteiger partial charge in [0.25, 0.3) is 0 Å². The summed E-state index contributed by atoms with van der Waals surface area (Å²) >= 11 is 7.89. The second-order valence-electron chi connectivity index (χ2n) is 12.3. The molecule has 6 rings (SSSR count). The van der Waals surface area contributed by atoms with E-state index in [-0.39, 0.29) is 23.9 Å². The average Bonchev–Trinajstić information content (AvgIpc) is 3.72. The van der Waals surface area contributed by atoms with Crippen molar-refractivity contribution < 1.29 is 19.1 Å². The lowest BCUT2D eigenvalue weighted by atomic mass is 9.95. The summed E-state index contributed by atoms with van der Waals surface area (Å²) in [6.45, 7) is 2.77. The van der Waals surface area contributed by atoms with E-state index in [9.17, 15) is 9.59 Å². The molecule has 2 heterocycles. The minimum absolute atomic E-state index is 0.127. The van der Waals surface area contributed by atoms with Gasteiger partial charge in [-0.25, -0.2) is 0 Å². The van der Waals surface area contributed by atoms with Gasteiger partial charge in [-0.05, 0) is 90.2 Å². The molecule has 2 fully saturated rings. The fourth-order valence-electron chi connectivity index (χ4n) is 6.47. The topological polar surface area (TPSA) is 101 Å². The lowest BCUT2D eigenvalue weighted by Gasteiger charge is -2.17. The maximum Gasteiger partial charge on any atom is 0.220 e. The lowest BCUT2D eigenvalue weighted by molar-refractivity contribution is -0.120. The molecule has 0 spiro atoms. The highest BCUT2D eigenvalue weighted by molar-refractivity contribution is 9.11. The van der Waals surface area contributed by atoms with Crippen molar-refractivity contribution in [3.05, 3.63) is 92.9 Å². The molecule has 2 aliphatic rings. The van der Waals surface area contributed by atoms with E-state index >= 15 is 0 Å². The van der Waals surface area contributed by atoms with Gasteiger partial charge in [0.2, 0.25) is 11.8 Å². The van der Waals surface area contributed by atoms with Gasteiger partial charge in [-0.3, -0.25) is 9.59 Å². The Labute approximate surface area is 298 Å². The van der Waals surface area contributed by atoms with E-state index in [0.717, 1.165) is 90.9 Å². The first kappa shape index (κ1) is 34.2. The number of carbonyl (C=O) groups excluding carboxylic acids is 2. The first-order chi connectivity index (χ1) is 23.3. The van der Waals surface area contributed by atoms with E-state index in [0.29, 0.717) is 25.9 Å². The quantitative estimate of drug-likeness (QED) is 0.117. The van der Waals surface area contributed by atoms with Gasteiger partial charge in [0.1, 0.15) is 11.5 Å². The molecule has 250 valence electrons. The zero-order chi connectivity index (χ0) is 33.6. The Balaban J connectivity index is 1.20. The van der Waals surface area contributed by atoms with Crippen molar-refractivity contribution in [2.75, 3.05) is 27.3 Å².